The molecule has 0 fully saturated rings. The van der Waals surface area contributed by atoms with Gasteiger partial charge in [0.1, 0.15) is 0 Å². The summed E-state index contributed by atoms with van der Waals surface area (Å²) in [5.74, 6) is 0. The summed E-state index contributed by atoms with van der Waals surface area (Å²) in [5.41, 5.74) is 0. The van der Waals surface area contributed by atoms with Crippen molar-refractivity contribution >= 4 is 11.4 Å². The maximum Gasteiger partial charge on any atom is 1.00 e. The Hall–Kier alpha value is 4.07. The standard InChI is InChI=1S/HI.2K.H2O3S/c;;;1-4(2)3/h1H;;;(H2,1,2,3)/q;2*+1;/p-2. The Morgan fingerprint density at radius 3 is 1.43 bits per heavy atom. The zero-order valence-corrected chi connectivity index (χ0v) is 13.3. The van der Waals surface area contributed by atoms with E-state index in [1.807, 2.05) is 0 Å². The molecule has 7 heteroatoms. The Morgan fingerprint density at radius 1 is 1.43 bits per heavy atom. The Bertz CT molecular complexity index is 35.9. The second-order valence-electron chi connectivity index (χ2n) is 0.217. The third-order valence-electron chi connectivity index (χ3n) is 0. The van der Waals surface area contributed by atoms with E-state index in [0.29, 0.717) is 0 Å². The van der Waals surface area contributed by atoms with Crippen molar-refractivity contribution < 1.29 is 140 Å². The van der Waals surface area contributed by atoms with Crippen LogP contribution in [0.3, 0.4) is 0 Å². The van der Waals surface area contributed by atoms with Gasteiger partial charge in [-0.3, -0.25) is 0 Å². The molecule has 0 radical (unpaired) electrons. The van der Waals surface area contributed by atoms with E-state index in [9.17, 15) is 0 Å². The zero-order chi connectivity index (χ0) is 3.58. The van der Waals surface area contributed by atoms with Gasteiger partial charge in [0.25, 0.3) is 0 Å². The van der Waals surface area contributed by atoms with Gasteiger partial charge < -0.3 is 33.1 Å². The summed E-state index contributed by atoms with van der Waals surface area (Å²) in [6.07, 6.45) is 0. The molecule has 0 spiro atoms. The van der Waals surface area contributed by atoms with Gasteiger partial charge in [0.2, 0.25) is 0 Å². The number of hydrogen-bond acceptors (Lipinski definition) is 2. The van der Waals surface area contributed by atoms with Crippen molar-refractivity contribution in [2.45, 2.75) is 0 Å². The van der Waals surface area contributed by atoms with E-state index in [0.717, 1.165) is 0 Å². The molecule has 1 atom stereocenters. The third-order valence-corrected chi connectivity index (χ3v) is 0. The van der Waals surface area contributed by atoms with Crippen LogP contribution in [-0.2, 0) is 11.4 Å². The monoisotopic (exact) mass is 286 g/mol. The molecule has 1 unspecified atom stereocenters. The average molecular weight is 286 g/mol. The van der Waals surface area contributed by atoms with E-state index in [1.54, 1.807) is 0 Å². The molecule has 0 heterocycles. The van der Waals surface area contributed by atoms with Crippen LogP contribution < -0.4 is 127 Å². The molecule has 0 rings (SSSR count). The molecule has 0 saturated carbocycles. The van der Waals surface area contributed by atoms with E-state index >= 15 is 0 Å². The molecule has 0 aliphatic rings. The van der Waals surface area contributed by atoms with E-state index in [1.165, 1.54) is 0 Å². The molecule has 0 amide bonds. The molecular weight excluding hydrogens is 285 g/mol. The smallest absolute Gasteiger partial charge is 1.00 e. The van der Waals surface area contributed by atoms with Crippen LogP contribution in [0, 0.1) is 0 Å². The van der Waals surface area contributed by atoms with Crippen LogP contribution in [0.1, 0.15) is 0 Å². The molecular formula is HIK2O3S. The fourth-order valence-electron chi connectivity index (χ4n) is 0. The number of halogens is 1. The first-order valence-electron chi connectivity index (χ1n) is 0.516. The Balaban J connectivity index is -0.0000000150. The van der Waals surface area contributed by atoms with Crippen molar-refractivity contribution in [1.29, 1.82) is 0 Å². The Kier molecular flexibility index (Phi) is 53.2. The number of hydrogen-bond donors (Lipinski definition) is 1. The van der Waals surface area contributed by atoms with E-state index in [-0.39, 0.29) is 127 Å². The van der Waals surface area contributed by atoms with Gasteiger partial charge in [-0.2, -0.15) is 0 Å². The van der Waals surface area contributed by atoms with Crippen molar-refractivity contribution in [3.05, 3.63) is 0 Å². The van der Waals surface area contributed by atoms with Crippen LogP contribution in [0.15, 0.2) is 0 Å². The van der Waals surface area contributed by atoms with Crippen LogP contribution in [0.5, 0.6) is 0 Å². The van der Waals surface area contributed by atoms with E-state index in [2.05, 4.69) is 0 Å². The topological polar surface area (TPSA) is 60.4 Å². The molecule has 0 aromatic heterocycles. The molecule has 7 heavy (non-hydrogen) atoms. The fraction of sp³-hybridized carbons (Fsp3) is 0. The van der Waals surface area contributed by atoms with Crippen LogP contribution in [-0.4, -0.2) is 13.3 Å². The van der Waals surface area contributed by atoms with Gasteiger partial charge in [-0.05, 0) is 0 Å². The summed E-state index contributed by atoms with van der Waals surface area (Å²) in [6, 6.07) is 0. The van der Waals surface area contributed by atoms with Crippen molar-refractivity contribution in [2.24, 2.45) is 0 Å². The molecule has 0 aromatic rings. The summed E-state index contributed by atoms with van der Waals surface area (Å²) in [7, 11) is 0. The number of rotatable bonds is 0. The predicted octanol–water partition coefficient (Wildman–Crippen LogP) is -9.65. The van der Waals surface area contributed by atoms with Crippen molar-refractivity contribution in [1.82, 2.24) is 0 Å². The van der Waals surface area contributed by atoms with Gasteiger partial charge in [0.05, 0.1) is 11.4 Å². The third kappa shape index (κ3) is 39.6. The normalized spacial score (nSPS) is 8.86. The Morgan fingerprint density at radius 2 is 1.43 bits per heavy atom. The molecule has 0 aliphatic carbocycles. The maximum absolute atomic E-state index is 8.56. The molecule has 0 bridgehead atoms. The minimum atomic E-state index is -2.86. The first-order chi connectivity index (χ1) is 1.73. The first-order valence-corrected chi connectivity index (χ1v) is 1.55. The SMILES string of the molecule is O=S([O-])O.[I-].[K+].[K+]. The molecule has 0 saturated heterocycles. The van der Waals surface area contributed by atoms with E-state index < -0.39 is 11.4 Å². The fourth-order valence-corrected chi connectivity index (χ4v) is 0. The summed E-state index contributed by atoms with van der Waals surface area (Å²) >= 11 is -2.86. The quantitative estimate of drug-likeness (QED) is 0.273. The van der Waals surface area contributed by atoms with Gasteiger partial charge in [0, 0.05) is 0 Å². The van der Waals surface area contributed by atoms with Crippen LogP contribution >= 0.6 is 0 Å². The average Bonchev–Trinajstić information content (AvgIpc) is 0.811. The first kappa shape index (κ1) is 22.5. The van der Waals surface area contributed by atoms with Gasteiger partial charge >= 0.3 is 103 Å². The van der Waals surface area contributed by atoms with Crippen LogP contribution in [0.25, 0.3) is 0 Å². The van der Waals surface area contributed by atoms with Gasteiger partial charge in [-0.15, -0.1) is 0 Å². The molecule has 34 valence electrons. The van der Waals surface area contributed by atoms with Crippen LogP contribution in [0.2, 0.25) is 0 Å². The maximum atomic E-state index is 8.56. The van der Waals surface area contributed by atoms with Crippen molar-refractivity contribution in [2.75, 3.05) is 0 Å². The van der Waals surface area contributed by atoms with Crippen molar-refractivity contribution in [3.63, 3.8) is 0 Å². The van der Waals surface area contributed by atoms with Crippen molar-refractivity contribution in [3.8, 4) is 0 Å². The largest absolute Gasteiger partial charge is 1.00 e. The zero-order valence-electron chi connectivity index (χ0n) is 4.05. The molecule has 3 nitrogen and oxygen atoms in total. The summed E-state index contributed by atoms with van der Waals surface area (Å²) in [4.78, 5) is 0. The summed E-state index contributed by atoms with van der Waals surface area (Å²) in [6.45, 7) is 0. The summed E-state index contributed by atoms with van der Waals surface area (Å²) in [5, 5.41) is 0. The molecule has 0 aliphatic heterocycles. The second kappa shape index (κ2) is 16.6. The minimum absolute atomic E-state index is 0. The second-order valence-corrected chi connectivity index (χ2v) is 0.651. The predicted molar refractivity (Wildman–Crippen MR) is 11.5 cm³/mol. The molecule has 0 aromatic carbocycles. The minimum Gasteiger partial charge on any atom is -1.00 e. The van der Waals surface area contributed by atoms with Gasteiger partial charge in [0.15, 0.2) is 0 Å². The van der Waals surface area contributed by atoms with Gasteiger partial charge in [-0.1, -0.05) is 0 Å². The van der Waals surface area contributed by atoms with E-state index in [4.69, 9.17) is 13.3 Å². The van der Waals surface area contributed by atoms with Gasteiger partial charge in [-0.25, -0.2) is 4.21 Å². The van der Waals surface area contributed by atoms with Crippen LogP contribution in [0.4, 0.5) is 0 Å². The Labute approximate surface area is 147 Å². The summed E-state index contributed by atoms with van der Waals surface area (Å²) < 4.78 is 24.1. The molecule has 1 N–H and O–H groups in total.